The van der Waals surface area contributed by atoms with Gasteiger partial charge in [0.25, 0.3) is 0 Å². The molecular weight excluding hydrogens is 264 g/mol. The minimum atomic E-state index is -0.790. The highest BCUT2D eigenvalue weighted by molar-refractivity contribution is 7.10. The fourth-order valence-electron chi connectivity index (χ4n) is 2.22. The molecule has 0 aromatic carbocycles. The van der Waals surface area contributed by atoms with Crippen molar-refractivity contribution in [3.8, 4) is 0 Å². The Kier molecular flexibility index (Phi) is 3.91. The van der Waals surface area contributed by atoms with Gasteiger partial charge in [0, 0.05) is 18.0 Å². The number of carboxylic acids is 1. The van der Waals surface area contributed by atoms with E-state index in [2.05, 4.69) is 0 Å². The SMILES string of the molecule is CC1(C(=O)O)CCN(C(=O)C(N)c2cccs2)CC1. The predicted octanol–water partition coefficient (Wildman–Crippen LogP) is 1.46. The van der Waals surface area contributed by atoms with Gasteiger partial charge in [0.05, 0.1) is 5.41 Å². The third kappa shape index (κ3) is 2.79. The number of carboxylic acid groups (broad SMARTS) is 1. The average Bonchev–Trinajstić information content (AvgIpc) is 2.91. The Balaban J connectivity index is 1.98. The largest absolute Gasteiger partial charge is 0.481 e. The van der Waals surface area contributed by atoms with Crippen LogP contribution < -0.4 is 5.73 Å². The molecule has 1 fully saturated rings. The third-order valence-electron chi connectivity index (χ3n) is 3.81. The van der Waals surface area contributed by atoms with Crippen molar-refractivity contribution in [2.75, 3.05) is 13.1 Å². The molecule has 19 heavy (non-hydrogen) atoms. The third-order valence-corrected chi connectivity index (χ3v) is 4.77. The molecule has 1 aliphatic rings. The summed E-state index contributed by atoms with van der Waals surface area (Å²) in [5, 5.41) is 11.0. The number of amides is 1. The Morgan fingerprint density at radius 3 is 2.58 bits per heavy atom. The van der Waals surface area contributed by atoms with Crippen LogP contribution in [0.3, 0.4) is 0 Å². The number of piperidine rings is 1. The Morgan fingerprint density at radius 1 is 1.47 bits per heavy atom. The highest BCUT2D eigenvalue weighted by atomic mass is 32.1. The summed E-state index contributed by atoms with van der Waals surface area (Å²) < 4.78 is 0. The van der Waals surface area contributed by atoms with Gasteiger partial charge < -0.3 is 15.7 Å². The zero-order valence-corrected chi connectivity index (χ0v) is 11.7. The predicted molar refractivity (Wildman–Crippen MR) is 72.8 cm³/mol. The summed E-state index contributed by atoms with van der Waals surface area (Å²) in [4.78, 5) is 25.9. The number of carbonyl (C=O) groups is 2. The summed E-state index contributed by atoms with van der Waals surface area (Å²) in [6.07, 6.45) is 0.955. The van der Waals surface area contributed by atoms with Gasteiger partial charge in [-0.15, -0.1) is 11.3 Å². The number of hydrogen-bond acceptors (Lipinski definition) is 4. The quantitative estimate of drug-likeness (QED) is 0.879. The topological polar surface area (TPSA) is 83.6 Å². The standard InChI is InChI=1S/C13H18N2O3S/c1-13(12(17)18)4-6-15(7-5-13)11(16)10(14)9-3-2-8-19-9/h2-3,8,10H,4-7,14H2,1H3,(H,17,18). The van der Waals surface area contributed by atoms with Gasteiger partial charge in [-0.3, -0.25) is 9.59 Å². The number of rotatable bonds is 3. The lowest BCUT2D eigenvalue weighted by Gasteiger charge is -2.37. The van der Waals surface area contributed by atoms with Gasteiger partial charge in [-0.1, -0.05) is 6.07 Å². The molecule has 0 aliphatic carbocycles. The second-order valence-electron chi connectivity index (χ2n) is 5.18. The molecule has 104 valence electrons. The van der Waals surface area contributed by atoms with Gasteiger partial charge in [0.15, 0.2) is 0 Å². The van der Waals surface area contributed by atoms with Gasteiger partial charge in [0.1, 0.15) is 6.04 Å². The monoisotopic (exact) mass is 282 g/mol. The summed E-state index contributed by atoms with van der Waals surface area (Å²) in [5.41, 5.74) is 5.23. The van der Waals surface area contributed by atoms with Crippen molar-refractivity contribution in [1.29, 1.82) is 0 Å². The van der Waals surface area contributed by atoms with E-state index in [1.54, 1.807) is 11.8 Å². The lowest BCUT2D eigenvalue weighted by Crippen LogP contribution is -2.47. The molecule has 5 nitrogen and oxygen atoms in total. The lowest BCUT2D eigenvalue weighted by molar-refractivity contribution is -0.153. The number of carbonyl (C=O) groups excluding carboxylic acids is 1. The molecule has 1 aromatic rings. The molecule has 2 rings (SSSR count). The van der Waals surface area contributed by atoms with Crippen molar-refractivity contribution >= 4 is 23.2 Å². The van der Waals surface area contributed by atoms with Gasteiger partial charge in [-0.25, -0.2) is 0 Å². The molecule has 1 aliphatic heterocycles. The van der Waals surface area contributed by atoms with Crippen LogP contribution in [-0.2, 0) is 9.59 Å². The van der Waals surface area contributed by atoms with E-state index >= 15 is 0 Å². The van der Waals surface area contributed by atoms with Gasteiger partial charge in [-0.2, -0.15) is 0 Å². The molecule has 1 atom stereocenters. The molecule has 1 aromatic heterocycles. The zero-order valence-electron chi connectivity index (χ0n) is 10.8. The van der Waals surface area contributed by atoms with Crippen LogP contribution in [0.4, 0.5) is 0 Å². The highest BCUT2D eigenvalue weighted by Crippen LogP contribution is 2.32. The number of thiophene rings is 1. The normalized spacial score (nSPS) is 20.0. The van der Waals surface area contributed by atoms with Crippen LogP contribution in [0.25, 0.3) is 0 Å². The van der Waals surface area contributed by atoms with E-state index < -0.39 is 17.4 Å². The smallest absolute Gasteiger partial charge is 0.309 e. The van der Waals surface area contributed by atoms with Gasteiger partial charge in [0.2, 0.25) is 5.91 Å². The van der Waals surface area contributed by atoms with Crippen LogP contribution in [0.15, 0.2) is 17.5 Å². The molecule has 0 bridgehead atoms. The number of nitrogens with two attached hydrogens (primary N) is 1. The van der Waals surface area contributed by atoms with Crippen molar-refractivity contribution < 1.29 is 14.7 Å². The first-order chi connectivity index (χ1) is 8.94. The van der Waals surface area contributed by atoms with E-state index in [4.69, 9.17) is 10.8 Å². The van der Waals surface area contributed by atoms with Crippen molar-refractivity contribution in [1.82, 2.24) is 4.90 Å². The lowest BCUT2D eigenvalue weighted by atomic mass is 9.80. The number of likely N-dealkylation sites (tertiary alicyclic amines) is 1. The fraction of sp³-hybridized carbons (Fsp3) is 0.538. The molecule has 0 radical (unpaired) electrons. The number of hydrogen-bond donors (Lipinski definition) is 2. The Labute approximate surface area is 116 Å². The first-order valence-electron chi connectivity index (χ1n) is 6.25. The van der Waals surface area contributed by atoms with E-state index in [0.717, 1.165) is 4.88 Å². The van der Waals surface area contributed by atoms with E-state index in [-0.39, 0.29) is 5.91 Å². The Hall–Kier alpha value is -1.40. The Bertz CT molecular complexity index is 464. The van der Waals surface area contributed by atoms with Gasteiger partial charge in [-0.05, 0) is 31.2 Å². The summed E-state index contributed by atoms with van der Waals surface area (Å²) in [6, 6.07) is 3.08. The highest BCUT2D eigenvalue weighted by Gasteiger charge is 2.38. The van der Waals surface area contributed by atoms with Gasteiger partial charge >= 0.3 is 5.97 Å². The molecule has 6 heteroatoms. The van der Waals surface area contributed by atoms with Crippen molar-refractivity contribution in [2.45, 2.75) is 25.8 Å². The average molecular weight is 282 g/mol. The van der Waals surface area contributed by atoms with E-state index in [0.29, 0.717) is 25.9 Å². The van der Waals surface area contributed by atoms with Crippen molar-refractivity contribution in [3.05, 3.63) is 22.4 Å². The van der Waals surface area contributed by atoms with E-state index in [9.17, 15) is 9.59 Å². The van der Waals surface area contributed by atoms with Crippen molar-refractivity contribution in [3.63, 3.8) is 0 Å². The molecule has 0 spiro atoms. The van der Waals surface area contributed by atoms with Crippen LogP contribution in [0.2, 0.25) is 0 Å². The van der Waals surface area contributed by atoms with Crippen LogP contribution >= 0.6 is 11.3 Å². The molecule has 3 N–H and O–H groups in total. The molecule has 1 unspecified atom stereocenters. The van der Waals surface area contributed by atoms with Crippen molar-refractivity contribution in [2.24, 2.45) is 11.1 Å². The molecule has 1 amide bonds. The van der Waals surface area contributed by atoms with Crippen LogP contribution in [-0.4, -0.2) is 35.0 Å². The summed E-state index contributed by atoms with van der Waals surface area (Å²) in [7, 11) is 0. The first-order valence-corrected chi connectivity index (χ1v) is 7.13. The van der Waals surface area contributed by atoms with Crippen LogP contribution in [0.1, 0.15) is 30.7 Å². The number of aliphatic carboxylic acids is 1. The Morgan fingerprint density at radius 2 is 2.11 bits per heavy atom. The van der Waals surface area contributed by atoms with E-state index in [1.807, 2.05) is 17.5 Å². The molecule has 2 heterocycles. The summed E-state index contributed by atoms with van der Waals surface area (Å²) in [5.74, 6) is -0.906. The maximum atomic E-state index is 12.2. The van der Waals surface area contributed by atoms with E-state index in [1.165, 1.54) is 11.3 Å². The minimum absolute atomic E-state index is 0.116. The number of nitrogens with zero attached hydrogens (tertiary/aromatic N) is 1. The second-order valence-corrected chi connectivity index (χ2v) is 6.16. The zero-order chi connectivity index (χ0) is 14.0. The maximum Gasteiger partial charge on any atom is 0.309 e. The second kappa shape index (κ2) is 5.30. The first kappa shape index (κ1) is 14.0. The van der Waals surface area contributed by atoms with Crippen LogP contribution in [0.5, 0.6) is 0 Å². The summed E-state index contributed by atoms with van der Waals surface area (Å²) in [6.45, 7) is 2.65. The molecule has 0 saturated carbocycles. The van der Waals surface area contributed by atoms with Crippen LogP contribution in [0, 0.1) is 5.41 Å². The fourth-order valence-corrected chi connectivity index (χ4v) is 2.94. The molecular formula is C13H18N2O3S. The minimum Gasteiger partial charge on any atom is -0.481 e. The maximum absolute atomic E-state index is 12.2. The summed E-state index contributed by atoms with van der Waals surface area (Å²) >= 11 is 1.46. The molecule has 1 saturated heterocycles.